The first kappa shape index (κ1) is 21.2. The predicted octanol–water partition coefficient (Wildman–Crippen LogP) is 4.11. The maximum atomic E-state index is 13.0. The molecule has 1 aliphatic heterocycles. The summed E-state index contributed by atoms with van der Waals surface area (Å²) in [6, 6.07) is 17.2. The van der Waals surface area contributed by atoms with Crippen LogP contribution in [0.3, 0.4) is 0 Å². The van der Waals surface area contributed by atoms with Gasteiger partial charge in [0.15, 0.2) is 0 Å². The molecule has 0 bridgehead atoms. The van der Waals surface area contributed by atoms with E-state index in [0.29, 0.717) is 24.7 Å². The number of piperidine rings is 1. The van der Waals surface area contributed by atoms with E-state index in [1.54, 1.807) is 12.1 Å². The first-order valence-electron chi connectivity index (χ1n) is 10.00. The van der Waals surface area contributed by atoms with Crippen LogP contribution in [-0.2, 0) is 16.8 Å². The number of carbonyl (C=O) groups is 2. The van der Waals surface area contributed by atoms with E-state index in [0.717, 1.165) is 24.0 Å². The Morgan fingerprint density at radius 2 is 1.66 bits per heavy atom. The van der Waals surface area contributed by atoms with Gasteiger partial charge in [-0.2, -0.15) is 0 Å². The molecule has 154 valence electrons. The van der Waals surface area contributed by atoms with Gasteiger partial charge in [0.2, 0.25) is 5.91 Å². The largest absolute Gasteiger partial charge is 0.342 e. The van der Waals surface area contributed by atoms with E-state index in [4.69, 9.17) is 11.6 Å². The second-order valence-electron chi connectivity index (χ2n) is 8.01. The number of nitrogens with one attached hydrogen (secondary N) is 2. The molecule has 0 aromatic heterocycles. The van der Waals surface area contributed by atoms with E-state index in [-0.39, 0.29) is 18.0 Å². The molecule has 1 aliphatic rings. The van der Waals surface area contributed by atoms with Crippen LogP contribution >= 0.6 is 11.6 Å². The van der Waals surface area contributed by atoms with Crippen LogP contribution < -0.4 is 10.6 Å². The molecule has 1 saturated heterocycles. The van der Waals surface area contributed by atoms with E-state index in [2.05, 4.69) is 10.6 Å². The van der Waals surface area contributed by atoms with Crippen molar-refractivity contribution in [1.82, 2.24) is 15.5 Å². The maximum absolute atomic E-state index is 13.0. The average molecular weight is 414 g/mol. The lowest BCUT2D eigenvalue weighted by Crippen LogP contribution is -2.52. The number of benzene rings is 2. The molecule has 29 heavy (non-hydrogen) atoms. The molecule has 2 N–H and O–H groups in total. The van der Waals surface area contributed by atoms with Crippen LogP contribution in [0.15, 0.2) is 54.6 Å². The fourth-order valence-electron chi connectivity index (χ4n) is 3.62. The monoisotopic (exact) mass is 413 g/mol. The van der Waals surface area contributed by atoms with E-state index >= 15 is 0 Å². The maximum Gasteiger partial charge on any atom is 0.315 e. The Morgan fingerprint density at radius 3 is 2.28 bits per heavy atom. The molecule has 3 amide bonds. The summed E-state index contributed by atoms with van der Waals surface area (Å²) in [5, 5.41) is 6.56. The summed E-state index contributed by atoms with van der Waals surface area (Å²) in [5.41, 5.74) is 1.46. The highest BCUT2D eigenvalue weighted by Crippen LogP contribution is 2.27. The van der Waals surface area contributed by atoms with Crippen molar-refractivity contribution in [2.45, 2.75) is 44.7 Å². The topological polar surface area (TPSA) is 61.4 Å². The van der Waals surface area contributed by atoms with Crippen molar-refractivity contribution in [2.75, 3.05) is 13.1 Å². The van der Waals surface area contributed by atoms with Gasteiger partial charge in [-0.25, -0.2) is 4.79 Å². The number of likely N-dealkylation sites (tertiary alicyclic amines) is 1. The molecule has 0 aliphatic carbocycles. The molecule has 5 nitrogen and oxygen atoms in total. The Labute approximate surface area is 177 Å². The zero-order valence-electron chi connectivity index (χ0n) is 17.0. The molecule has 2 aromatic carbocycles. The number of carbonyl (C=O) groups excluding carboxylic acids is 2. The Bertz CT molecular complexity index is 829. The smallest absolute Gasteiger partial charge is 0.315 e. The van der Waals surface area contributed by atoms with E-state index in [1.807, 2.05) is 61.2 Å². The summed E-state index contributed by atoms with van der Waals surface area (Å²) in [5.74, 6) is 0.134. The summed E-state index contributed by atoms with van der Waals surface area (Å²) in [6.07, 6.45) is 1.51. The summed E-state index contributed by atoms with van der Waals surface area (Å²) >= 11 is 5.87. The minimum atomic E-state index is -0.558. The lowest BCUT2D eigenvalue weighted by Gasteiger charge is -2.37. The number of hydrogen-bond acceptors (Lipinski definition) is 2. The van der Waals surface area contributed by atoms with Gasteiger partial charge in [-0.15, -0.1) is 0 Å². The summed E-state index contributed by atoms with van der Waals surface area (Å²) in [6.45, 7) is 5.69. The second kappa shape index (κ2) is 9.31. The van der Waals surface area contributed by atoms with Crippen molar-refractivity contribution in [1.29, 1.82) is 0 Å². The quantitative estimate of drug-likeness (QED) is 0.774. The van der Waals surface area contributed by atoms with Crippen molar-refractivity contribution in [2.24, 2.45) is 0 Å². The Kier molecular flexibility index (Phi) is 6.80. The van der Waals surface area contributed by atoms with Crippen molar-refractivity contribution in [3.8, 4) is 0 Å². The molecule has 6 heteroatoms. The van der Waals surface area contributed by atoms with Gasteiger partial charge in [0, 0.05) is 30.7 Å². The van der Waals surface area contributed by atoms with Gasteiger partial charge >= 0.3 is 6.03 Å². The van der Waals surface area contributed by atoms with Crippen molar-refractivity contribution >= 4 is 23.5 Å². The van der Waals surface area contributed by atoms with Crippen LogP contribution in [0.2, 0.25) is 5.02 Å². The lowest BCUT2D eigenvalue weighted by molar-refractivity contribution is -0.137. The van der Waals surface area contributed by atoms with E-state index in [9.17, 15) is 9.59 Å². The zero-order valence-corrected chi connectivity index (χ0v) is 17.7. The van der Waals surface area contributed by atoms with Crippen molar-refractivity contribution in [3.05, 3.63) is 70.7 Å². The van der Waals surface area contributed by atoms with Crippen LogP contribution in [0.4, 0.5) is 4.79 Å². The van der Waals surface area contributed by atoms with E-state index < -0.39 is 5.41 Å². The fraction of sp³-hybridized carbons (Fsp3) is 0.391. The minimum Gasteiger partial charge on any atom is -0.342 e. The SMILES string of the molecule is CC(C)(C(=O)N1CCC(NC(=O)NCc2ccc(Cl)cc2)CC1)c1ccccc1. The lowest BCUT2D eigenvalue weighted by atomic mass is 9.82. The Hall–Kier alpha value is -2.53. The first-order valence-corrected chi connectivity index (χ1v) is 10.4. The van der Waals surface area contributed by atoms with Crippen molar-refractivity contribution in [3.63, 3.8) is 0 Å². The second-order valence-corrected chi connectivity index (χ2v) is 8.45. The molecule has 0 saturated carbocycles. The summed E-state index contributed by atoms with van der Waals surface area (Å²) < 4.78 is 0. The van der Waals surface area contributed by atoms with Gasteiger partial charge in [-0.05, 0) is 49.9 Å². The van der Waals surface area contributed by atoms with Crippen molar-refractivity contribution < 1.29 is 9.59 Å². The Balaban J connectivity index is 1.45. The van der Waals surface area contributed by atoms with Gasteiger partial charge in [0.25, 0.3) is 0 Å². The molecule has 0 radical (unpaired) electrons. The van der Waals surface area contributed by atoms with Gasteiger partial charge in [-0.3, -0.25) is 4.79 Å². The molecular formula is C23H28ClN3O2. The fourth-order valence-corrected chi connectivity index (χ4v) is 3.75. The molecule has 0 atom stereocenters. The number of urea groups is 1. The molecule has 0 unspecified atom stereocenters. The van der Waals surface area contributed by atoms with Crippen LogP contribution in [0.5, 0.6) is 0 Å². The van der Waals surface area contributed by atoms with Gasteiger partial charge < -0.3 is 15.5 Å². The number of nitrogens with zero attached hydrogens (tertiary/aromatic N) is 1. The highest BCUT2D eigenvalue weighted by atomic mass is 35.5. The third-order valence-electron chi connectivity index (χ3n) is 5.51. The molecular weight excluding hydrogens is 386 g/mol. The number of rotatable bonds is 5. The number of amides is 3. The van der Waals surface area contributed by atoms with Gasteiger partial charge in [0.05, 0.1) is 5.41 Å². The third-order valence-corrected chi connectivity index (χ3v) is 5.77. The van der Waals surface area contributed by atoms with Crippen LogP contribution in [0.1, 0.15) is 37.8 Å². The molecule has 1 heterocycles. The van der Waals surface area contributed by atoms with E-state index in [1.165, 1.54) is 0 Å². The normalized spacial score (nSPS) is 15.1. The predicted molar refractivity (Wildman–Crippen MR) is 116 cm³/mol. The summed E-state index contributed by atoms with van der Waals surface area (Å²) in [4.78, 5) is 27.1. The van der Waals surface area contributed by atoms with Gasteiger partial charge in [0.1, 0.15) is 0 Å². The minimum absolute atomic E-state index is 0.0732. The molecule has 2 aromatic rings. The number of halogens is 1. The summed E-state index contributed by atoms with van der Waals surface area (Å²) in [7, 11) is 0. The molecule has 1 fully saturated rings. The third kappa shape index (κ3) is 5.51. The first-order chi connectivity index (χ1) is 13.9. The Morgan fingerprint density at radius 1 is 1.03 bits per heavy atom. The highest BCUT2D eigenvalue weighted by Gasteiger charge is 2.35. The van der Waals surface area contributed by atoms with Crippen LogP contribution in [-0.4, -0.2) is 36.0 Å². The zero-order chi connectivity index (χ0) is 20.9. The van der Waals surface area contributed by atoms with Crippen LogP contribution in [0.25, 0.3) is 0 Å². The molecule has 0 spiro atoms. The highest BCUT2D eigenvalue weighted by molar-refractivity contribution is 6.30. The molecule has 3 rings (SSSR count). The van der Waals surface area contributed by atoms with Gasteiger partial charge in [-0.1, -0.05) is 54.1 Å². The van der Waals surface area contributed by atoms with Crippen LogP contribution in [0, 0.1) is 0 Å². The standard InChI is InChI=1S/C23H28ClN3O2/c1-23(2,18-6-4-3-5-7-18)21(28)27-14-12-20(13-15-27)26-22(29)25-16-17-8-10-19(24)11-9-17/h3-11,20H,12-16H2,1-2H3,(H2,25,26,29). The average Bonchev–Trinajstić information content (AvgIpc) is 2.74. The number of hydrogen-bond donors (Lipinski definition) is 2.